The van der Waals surface area contributed by atoms with Crippen LogP contribution in [-0.2, 0) is 19.7 Å². The van der Waals surface area contributed by atoms with Crippen LogP contribution in [0.2, 0.25) is 0 Å². The molecule has 0 aliphatic carbocycles. The molecule has 0 aromatic rings. The van der Waals surface area contributed by atoms with E-state index in [4.69, 9.17) is 9.66 Å². The van der Waals surface area contributed by atoms with E-state index in [-0.39, 0.29) is 0 Å². The van der Waals surface area contributed by atoms with Crippen molar-refractivity contribution in [3.05, 3.63) is 0 Å². The topological polar surface area (TPSA) is 121 Å². The first kappa shape index (κ1) is 28.9. The van der Waals surface area contributed by atoms with Crippen molar-refractivity contribution in [2.75, 3.05) is 6.54 Å². The van der Waals surface area contributed by atoms with Gasteiger partial charge in [0.1, 0.15) is 0 Å². The Morgan fingerprint density at radius 3 is 1.43 bits per heavy atom. The van der Waals surface area contributed by atoms with Gasteiger partial charge in [0.2, 0.25) is 5.91 Å². The van der Waals surface area contributed by atoms with Gasteiger partial charge in [-0.2, -0.15) is 8.42 Å². The molecule has 0 spiro atoms. The summed E-state index contributed by atoms with van der Waals surface area (Å²) in [6.45, 7) is 2.63. The first-order valence-corrected chi connectivity index (χ1v) is 13.2. The van der Waals surface area contributed by atoms with Crippen molar-refractivity contribution in [2.24, 2.45) is 0 Å². The number of amides is 1. The van der Waals surface area contributed by atoms with Crippen molar-refractivity contribution < 1.29 is 27.7 Å². The summed E-state index contributed by atoms with van der Waals surface area (Å²) in [6, 6.07) is 0. The van der Waals surface area contributed by atoms with Crippen LogP contribution in [0.25, 0.3) is 0 Å². The van der Waals surface area contributed by atoms with Crippen LogP contribution in [0.15, 0.2) is 0 Å². The number of carbonyl (C=O) groups is 2. The Bertz CT molecular complexity index is 550. The van der Waals surface area contributed by atoms with Crippen molar-refractivity contribution >= 4 is 22.0 Å². The highest BCUT2D eigenvalue weighted by molar-refractivity contribution is 7.87. The SMILES string of the molecule is CCCCCCCCCCCCCCCCCCNC(=O)CC(C(=O)O)S(=O)(=O)O. The Hall–Kier alpha value is -1.15. The maximum Gasteiger partial charge on any atom is 0.324 e. The number of nitrogens with one attached hydrogen (secondary N) is 1. The Kier molecular flexibility index (Phi) is 17.9. The molecule has 30 heavy (non-hydrogen) atoms. The second kappa shape index (κ2) is 18.6. The van der Waals surface area contributed by atoms with Gasteiger partial charge in [-0.1, -0.05) is 103 Å². The number of hydrogen-bond donors (Lipinski definition) is 3. The highest BCUT2D eigenvalue weighted by Crippen LogP contribution is 2.13. The lowest BCUT2D eigenvalue weighted by Gasteiger charge is -2.09. The summed E-state index contributed by atoms with van der Waals surface area (Å²) in [4.78, 5) is 22.4. The van der Waals surface area contributed by atoms with E-state index in [1.54, 1.807) is 0 Å². The Morgan fingerprint density at radius 1 is 0.733 bits per heavy atom. The number of carboxylic acid groups (broad SMARTS) is 1. The van der Waals surface area contributed by atoms with Crippen molar-refractivity contribution in [3.63, 3.8) is 0 Å². The predicted octanol–water partition coefficient (Wildman–Crippen LogP) is 5.10. The van der Waals surface area contributed by atoms with Gasteiger partial charge in [0.05, 0.1) is 6.42 Å². The minimum absolute atomic E-state index is 0.384. The molecule has 0 heterocycles. The third-order valence-corrected chi connectivity index (χ3v) is 6.45. The molecule has 0 radical (unpaired) electrons. The van der Waals surface area contributed by atoms with Gasteiger partial charge in [0, 0.05) is 6.54 Å². The standard InChI is InChI=1S/C22H43NO6S/c1-2-3-4-5-6-7-8-9-10-11-12-13-14-15-16-17-18-23-21(24)19-20(22(25)26)30(27,28)29/h20H,2-19H2,1H3,(H,23,24)(H,25,26)(H,27,28,29). The molecule has 1 unspecified atom stereocenters. The average Bonchev–Trinajstić information content (AvgIpc) is 2.67. The molecule has 178 valence electrons. The van der Waals surface area contributed by atoms with Crippen molar-refractivity contribution in [2.45, 2.75) is 121 Å². The largest absolute Gasteiger partial charge is 0.480 e. The zero-order valence-corrected chi connectivity index (χ0v) is 19.6. The minimum Gasteiger partial charge on any atom is -0.480 e. The van der Waals surface area contributed by atoms with Crippen LogP contribution >= 0.6 is 0 Å². The van der Waals surface area contributed by atoms with E-state index >= 15 is 0 Å². The molecule has 0 saturated heterocycles. The fourth-order valence-electron chi connectivity index (χ4n) is 3.46. The Balaban J connectivity index is 3.42. The number of aliphatic carboxylic acids is 1. The number of hydrogen-bond acceptors (Lipinski definition) is 4. The molecular formula is C22H43NO6S. The van der Waals surface area contributed by atoms with E-state index in [1.165, 1.54) is 83.5 Å². The van der Waals surface area contributed by atoms with Crippen LogP contribution in [0.4, 0.5) is 0 Å². The van der Waals surface area contributed by atoms with Crippen LogP contribution in [0.1, 0.15) is 116 Å². The van der Waals surface area contributed by atoms with E-state index in [1.807, 2.05) is 0 Å². The first-order valence-electron chi connectivity index (χ1n) is 11.7. The van der Waals surface area contributed by atoms with E-state index < -0.39 is 33.7 Å². The molecule has 0 saturated carbocycles. The predicted molar refractivity (Wildman–Crippen MR) is 120 cm³/mol. The monoisotopic (exact) mass is 449 g/mol. The number of carbonyl (C=O) groups excluding carboxylic acids is 1. The summed E-state index contributed by atoms with van der Waals surface area (Å²) in [5.41, 5.74) is 0. The molecular weight excluding hydrogens is 406 g/mol. The lowest BCUT2D eigenvalue weighted by molar-refractivity contribution is -0.138. The fourth-order valence-corrected chi connectivity index (χ4v) is 4.08. The molecule has 3 N–H and O–H groups in total. The maximum atomic E-state index is 11.6. The maximum absolute atomic E-state index is 11.6. The molecule has 1 amide bonds. The zero-order chi connectivity index (χ0) is 22.7. The molecule has 8 heteroatoms. The minimum atomic E-state index is -4.78. The summed E-state index contributed by atoms with van der Waals surface area (Å²) in [6.07, 6.45) is 19.4. The lowest BCUT2D eigenvalue weighted by Crippen LogP contribution is -2.36. The van der Waals surface area contributed by atoms with Gasteiger partial charge in [-0.3, -0.25) is 14.1 Å². The smallest absolute Gasteiger partial charge is 0.324 e. The highest BCUT2D eigenvalue weighted by atomic mass is 32.2. The third-order valence-electron chi connectivity index (χ3n) is 5.36. The molecule has 0 fully saturated rings. The van der Waals surface area contributed by atoms with Gasteiger partial charge in [0.15, 0.2) is 5.25 Å². The normalized spacial score (nSPS) is 12.6. The highest BCUT2D eigenvalue weighted by Gasteiger charge is 2.33. The van der Waals surface area contributed by atoms with Crippen molar-refractivity contribution in [1.82, 2.24) is 5.32 Å². The molecule has 0 bridgehead atoms. The zero-order valence-electron chi connectivity index (χ0n) is 18.7. The molecule has 0 rings (SSSR count). The van der Waals surface area contributed by atoms with Crippen LogP contribution < -0.4 is 5.32 Å². The van der Waals surface area contributed by atoms with Crippen LogP contribution in [0.5, 0.6) is 0 Å². The van der Waals surface area contributed by atoms with Gasteiger partial charge in [-0.25, -0.2) is 0 Å². The lowest BCUT2D eigenvalue weighted by atomic mass is 10.0. The summed E-state index contributed by atoms with van der Waals surface area (Å²) in [5.74, 6) is -2.41. The van der Waals surface area contributed by atoms with Crippen molar-refractivity contribution in [3.8, 4) is 0 Å². The number of carboxylic acids is 1. The number of unbranched alkanes of at least 4 members (excludes halogenated alkanes) is 15. The quantitative estimate of drug-likeness (QED) is 0.166. The fraction of sp³-hybridized carbons (Fsp3) is 0.909. The van der Waals surface area contributed by atoms with Crippen LogP contribution in [0, 0.1) is 0 Å². The van der Waals surface area contributed by atoms with Gasteiger partial charge in [0.25, 0.3) is 10.1 Å². The van der Waals surface area contributed by atoms with Crippen LogP contribution in [0.3, 0.4) is 0 Å². The summed E-state index contributed by atoms with van der Waals surface area (Å²) in [7, 11) is -4.78. The number of rotatable bonds is 21. The first-order chi connectivity index (χ1) is 14.3. The van der Waals surface area contributed by atoms with Crippen LogP contribution in [-0.4, -0.2) is 41.7 Å². The molecule has 0 aromatic heterocycles. The summed E-state index contributed by atoms with van der Waals surface area (Å²) >= 11 is 0. The van der Waals surface area contributed by atoms with Gasteiger partial charge in [-0.15, -0.1) is 0 Å². The average molecular weight is 450 g/mol. The summed E-state index contributed by atoms with van der Waals surface area (Å²) in [5, 5.41) is 9.16. The van der Waals surface area contributed by atoms with Gasteiger partial charge < -0.3 is 10.4 Å². The Morgan fingerprint density at radius 2 is 1.10 bits per heavy atom. The molecule has 0 aromatic carbocycles. The van der Waals surface area contributed by atoms with E-state index in [9.17, 15) is 18.0 Å². The van der Waals surface area contributed by atoms with Crippen molar-refractivity contribution in [1.29, 1.82) is 0 Å². The molecule has 7 nitrogen and oxygen atoms in total. The molecule has 0 aliphatic rings. The molecule has 0 aliphatic heterocycles. The third kappa shape index (κ3) is 17.7. The Labute approximate surface area is 183 Å². The van der Waals surface area contributed by atoms with E-state index in [0.29, 0.717) is 6.54 Å². The van der Waals surface area contributed by atoms with E-state index in [2.05, 4.69) is 12.2 Å². The molecule has 1 atom stereocenters. The second-order valence-corrected chi connectivity index (χ2v) is 9.80. The second-order valence-electron chi connectivity index (χ2n) is 8.20. The van der Waals surface area contributed by atoms with Gasteiger partial charge >= 0.3 is 5.97 Å². The van der Waals surface area contributed by atoms with Gasteiger partial charge in [-0.05, 0) is 6.42 Å². The summed E-state index contributed by atoms with van der Waals surface area (Å²) < 4.78 is 30.7. The van der Waals surface area contributed by atoms with E-state index in [0.717, 1.165) is 19.3 Å².